The van der Waals surface area contributed by atoms with Crippen LogP contribution >= 0.6 is 11.8 Å². The van der Waals surface area contributed by atoms with E-state index in [0.29, 0.717) is 40.5 Å². The first-order chi connectivity index (χ1) is 15.6. The number of halogens is 1. The maximum Gasteiger partial charge on any atom is 0.271 e. The molecule has 160 valence electrons. The molecule has 32 heavy (non-hydrogen) atoms. The van der Waals surface area contributed by atoms with E-state index in [-0.39, 0.29) is 11.7 Å². The number of carbonyl (C=O) groups is 1. The molecule has 5 rings (SSSR count). The molecule has 0 N–H and O–H groups in total. The van der Waals surface area contributed by atoms with E-state index >= 15 is 0 Å². The van der Waals surface area contributed by atoms with Crippen LogP contribution in [0.5, 0.6) is 11.5 Å². The Bertz CT molecular complexity index is 1240. The number of hydrogen-bond donors (Lipinski definition) is 0. The lowest BCUT2D eigenvalue weighted by Crippen LogP contribution is -2.28. The van der Waals surface area contributed by atoms with Gasteiger partial charge >= 0.3 is 0 Å². The van der Waals surface area contributed by atoms with Crippen LogP contribution in [-0.2, 0) is 4.79 Å². The summed E-state index contributed by atoms with van der Waals surface area (Å²) < 4.78 is 24.5. The Balaban J connectivity index is 1.53. The molecular weight excluding hydrogens is 427 g/mol. The molecule has 0 aliphatic carbocycles. The number of aliphatic imine (C=N–C) groups is 1. The van der Waals surface area contributed by atoms with Crippen molar-refractivity contribution >= 4 is 40.3 Å². The second-order valence-corrected chi connectivity index (χ2v) is 8.37. The van der Waals surface area contributed by atoms with Crippen molar-refractivity contribution in [1.29, 1.82) is 0 Å². The number of nitrogens with zero attached hydrogens (tertiary/aromatic N) is 2. The number of fused-ring (bicyclic) bond motifs is 1. The van der Waals surface area contributed by atoms with Gasteiger partial charge in [-0.15, -0.1) is 0 Å². The fourth-order valence-corrected chi connectivity index (χ4v) is 4.40. The predicted octanol–water partition coefficient (Wildman–Crippen LogP) is 5.71. The number of amides is 1. The average molecular weight is 447 g/mol. The van der Waals surface area contributed by atoms with Crippen LogP contribution in [0, 0.1) is 12.7 Å². The summed E-state index contributed by atoms with van der Waals surface area (Å²) in [5.41, 5.74) is 3.22. The van der Waals surface area contributed by atoms with Gasteiger partial charge in [-0.05, 0) is 78.9 Å². The molecule has 0 aromatic heterocycles. The van der Waals surface area contributed by atoms with Crippen LogP contribution in [-0.4, -0.2) is 24.3 Å². The van der Waals surface area contributed by atoms with Gasteiger partial charge in [0.15, 0.2) is 16.7 Å². The third kappa shape index (κ3) is 4.11. The van der Waals surface area contributed by atoms with Gasteiger partial charge in [0, 0.05) is 0 Å². The van der Waals surface area contributed by atoms with E-state index in [1.165, 1.54) is 23.9 Å². The molecule has 1 amide bonds. The summed E-state index contributed by atoms with van der Waals surface area (Å²) >= 11 is 1.28. The molecule has 2 aliphatic heterocycles. The highest BCUT2D eigenvalue weighted by Gasteiger charge is 2.34. The molecule has 1 saturated heterocycles. The zero-order valence-corrected chi connectivity index (χ0v) is 18.1. The highest BCUT2D eigenvalue weighted by atomic mass is 32.2. The number of rotatable bonds is 3. The van der Waals surface area contributed by atoms with Gasteiger partial charge < -0.3 is 9.47 Å². The van der Waals surface area contributed by atoms with E-state index in [1.807, 2.05) is 55.5 Å². The van der Waals surface area contributed by atoms with Crippen LogP contribution in [0.4, 0.5) is 15.8 Å². The summed E-state index contributed by atoms with van der Waals surface area (Å²) in [6.45, 7) is 3.01. The van der Waals surface area contributed by atoms with Gasteiger partial charge in [0.2, 0.25) is 0 Å². The Morgan fingerprint density at radius 1 is 0.969 bits per heavy atom. The first kappa shape index (κ1) is 20.3. The van der Waals surface area contributed by atoms with Gasteiger partial charge in [0.05, 0.1) is 16.3 Å². The molecule has 0 atom stereocenters. The highest BCUT2D eigenvalue weighted by Crippen LogP contribution is 2.38. The lowest BCUT2D eigenvalue weighted by molar-refractivity contribution is -0.113. The SMILES string of the molecule is Cc1ccc(N2C(=O)/C(=C/c3ccc4c(c3)OCCO4)S/C2=N\c2ccc(F)cc2)cc1. The van der Waals surface area contributed by atoms with Crippen LogP contribution in [0.1, 0.15) is 11.1 Å². The normalized spacial score (nSPS) is 17.9. The molecule has 7 heteroatoms. The minimum absolute atomic E-state index is 0.172. The van der Waals surface area contributed by atoms with E-state index < -0.39 is 0 Å². The quantitative estimate of drug-likeness (QED) is 0.484. The number of thioether (sulfide) groups is 1. The van der Waals surface area contributed by atoms with Gasteiger partial charge in [0.25, 0.3) is 5.91 Å². The summed E-state index contributed by atoms with van der Waals surface area (Å²) in [7, 11) is 0. The Labute approximate surface area is 189 Å². The Kier molecular flexibility index (Phi) is 5.41. The summed E-state index contributed by atoms with van der Waals surface area (Å²) in [6.07, 6.45) is 1.82. The number of carbonyl (C=O) groups excluding carboxylic acids is 1. The molecule has 5 nitrogen and oxygen atoms in total. The first-order valence-corrected chi connectivity index (χ1v) is 10.9. The van der Waals surface area contributed by atoms with E-state index in [2.05, 4.69) is 4.99 Å². The van der Waals surface area contributed by atoms with Gasteiger partial charge in [0.1, 0.15) is 19.0 Å². The van der Waals surface area contributed by atoms with Crippen molar-refractivity contribution in [1.82, 2.24) is 0 Å². The van der Waals surface area contributed by atoms with Gasteiger partial charge in [-0.25, -0.2) is 9.38 Å². The summed E-state index contributed by atoms with van der Waals surface area (Å²) in [5.74, 6) is 0.855. The van der Waals surface area contributed by atoms with Crippen molar-refractivity contribution in [3.63, 3.8) is 0 Å². The van der Waals surface area contributed by atoms with E-state index in [1.54, 1.807) is 17.0 Å². The zero-order chi connectivity index (χ0) is 22.1. The number of benzene rings is 3. The average Bonchev–Trinajstić information content (AvgIpc) is 3.10. The van der Waals surface area contributed by atoms with Gasteiger partial charge in [-0.2, -0.15) is 0 Å². The number of amidine groups is 1. The minimum Gasteiger partial charge on any atom is -0.486 e. The molecule has 3 aromatic carbocycles. The minimum atomic E-state index is -0.335. The van der Waals surface area contributed by atoms with Crippen molar-refractivity contribution in [3.8, 4) is 11.5 Å². The van der Waals surface area contributed by atoms with Crippen molar-refractivity contribution in [3.05, 3.63) is 88.6 Å². The maximum absolute atomic E-state index is 13.4. The van der Waals surface area contributed by atoms with Crippen LogP contribution < -0.4 is 14.4 Å². The second kappa shape index (κ2) is 8.51. The van der Waals surface area contributed by atoms with Crippen molar-refractivity contribution in [2.24, 2.45) is 4.99 Å². The molecule has 3 aromatic rings. The van der Waals surface area contributed by atoms with Gasteiger partial charge in [-0.3, -0.25) is 9.69 Å². The summed E-state index contributed by atoms with van der Waals surface area (Å²) in [5, 5.41) is 0.509. The third-order valence-corrected chi connectivity index (χ3v) is 5.98. The second-order valence-electron chi connectivity index (χ2n) is 7.36. The van der Waals surface area contributed by atoms with Crippen LogP contribution in [0.3, 0.4) is 0 Å². The predicted molar refractivity (Wildman–Crippen MR) is 125 cm³/mol. The molecule has 0 unspecified atom stereocenters. The molecule has 0 bridgehead atoms. The number of hydrogen-bond acceptors (Lipinski definition) is 5. The van der Waals surface area contributed by atoms with E-state index in [9.17, 15) is 9.18 Å². The Morgan fingerprint density at radius 3 is 2.44 bits per heavy atom. The monoisotopic (exact) mass is 446 g/mol. The molecule has 2 aliphatic rings. The topological polar surface area (TPSA) is 51.1 Å². The molecule has 0 spiro atoms. The largest absolute Gasteiger partial charge is 0.486 e. The summed E-state index contributed by atoms with van der Waals surface area (Å²) in [6, 6.07) is 19.1. The summed E-state index contributed by atoms with van der Waals surface area (Å²) in [4.78, 5) is 20.1. The Morgan fingerprint density at radius 2 is 1.69 bits per heavy atom. The lowest BCUT2D eigenvalue weighted by Gasteiger charge is -2.18. The van der Waals surface area contributed by atoms with Crippen molar-refractivity contribution in [2.75, 3.05) is 18.1 Å². The molecule has 1 fully saturated rings. The number of ether oxygens (including phenoxy) is 2. The highest BCUT2D eigenvalue weighted by molar-refractivity contribution is 8.19. The first-order valence-electron chi connectivity index (χ1n) is 10.1. The van der Waals surface area contributed by atoms with Crippen molar-refractivity contribution < 1.29 is 18.7 Å². The van der Waals surface area contributed by atoms with E-state index in [0.717, 1.165) is 16.8 Å². The van der Waals surface area contributed by atoms with Crippen LogP contribution in [0.2, 0.25) is 0 Å². The smallest absolute Gasteiger partial charge is 0.271 e. The third-order valence-electron chi connectivity index (χ3n) is 5.01. The molecule has 2 heterocycles. The van der Waals surface area contributed by atoms with Crippen LogP contribution in [0.25, 0.3) is 6.08 Å². The Hall–Kier alpha value is -3.58. The number of anilines is 1. The molecular formula is C25H19FN2O3S. The van der Waals surface area contributed by atoms with Crippen molar-refractivity contribution in [2.45, 2.75) is 6.92 Å². The maximum atomic E-state index is 13.4. The van der Waals surface area contributed by atoms with E-state index in [4.69, 9.17) is 9.47 Å². The fraction of sp³-hybridized carbons (Fsp3) is 0.120. The zero-order valence-electron chi connectivity index (χ0n) is 17.2. The van der Waals surface area contributed by atoms with Gasteiger partial charge in [-0.1, -0.05) is 23.8 Å². The standard InChI is InChI=1S/C25H19FN2O3S/c1-16-2-9-20(10-3-16)28-24(29)23(32-25(28)27-19-7-5-18(26)6-8-19)15-17-4-11-21-22(14-17)31-13-12-30-21/h2-11,14-15H,12-13H2,1H3/b23-15-,27-25-. The van der Waals surface area contributed by atoms with Crippen LogP contribution in [0.15, 0.2) is 76.6 Å². The lowest BCUT2D eigenvalue weighted by atomic mass is 10.1. The molecule has 0 radical (unpaired) electrons. The fourth-order valence-electron chi connectivity index (χ4n) is 3.40. The number of aryl methyl sites for hydroxylation is 1. The molecule has 0 saturated carbocycles.